The number of rotatable bonds is 2. The molecule has 0 unspecified atom stereocenters. The summed E-state index contributed by atoms with van der Waals surface area (Å²) >= 11 is 0. The Bertz CT molecular complexity index is 505. The van der Waals surface area contributed by atoms with Crippen LogP contribution in [0.15, 0.2) is 18.2 Å². The smallest absolute Gasteiger partial charge is 0.313 e. The van der Waals surface area contributed by atoms with Gasteiger partial charge in [-0.2, -0.15) is 0 Å². The summed E-state index contributed by atoms with van der Waals surface area (Å²) in [6.45, 7) is 3.81. The van der Waals surface area contributed by atoms with Crippen molar-refractivity contribution in [2.45, 2.75) is 25.8 Å². The van der Waals surface area contributed by atoms with Gasteiger partial charge in [-0.15, -0.1) is 0 Å². The zero-order valence-corrected chi connectivity index (χ0v) is 10.2. The maximum Gasteiger partial charge on any atom is 0.313 e. The molecule has 1 aromatic carbocycles. The molecule has 0 aromatic heterocycles. The fourth-order valence-corrected chi connectivity index (χ4v) is 2.17. The van der Waals surface area contributed by atoms with Gasteiger partial charge in [0.05, 0.1) is 5.41 Å². The van der Waals surface area contributed by atoms with Crippen LogP contribution in [0.2, 0.25) is 0 Å². The lowest BCUT2D eigenvalue weighted by Gasteiger charge is -2.22. The van der Waals surface area contributed by atoms with Gasteiger partial charge in [0.25, 0.3) is 5.91 Å². The predicted octanol–water partition coefficient (Wildman–Crippen LogP) is 1.63. The van der Waals surface area contributed by atoms with E-state index in [0.29, 0.717) is 12.1 Å². The van der Waals surface area contributed by atoms with Gasteiger partial charge in [-0.05, 0) is 31.0 Å². The normalized spacial score (nSPS) is 15.0. The molecule has 1 aromatic rings. The molecule has 90 valence electrons. The Labute approximate surface area is 99.9 Å². The summed E-state index contributed by atoms with van der Waals surface area (Å²) in [5, 5.41) is 9.26. The molecular formula is C13H15NO3. The van der Waals surface area contributed by atoms with Crippen molar-refractivity contribution < 1.29 is 14.7 Å². The Kier molecular flexibility index (Phi) is 2.45. The highest BCUT2D eigenvalue weighted by Gasteiger charge is 2.36. The largest absolute Gasteiger partial charge is 0.481 e. The first-order valence-electron chi connectivity index (χ1n) is 5.47. The predicted molar refractivity (Wildman–Crippen MR) is 62.9 cm³/mol. The molecule has 1 aliphatic rings. The van der Waals surface area contributed by atoms with E-state index in [1.165, 1.54) is 0 Å². The molecule has 1 amide bonds. The molecule has 0 saturated carbocycles. The van der Waals surface area contributed by atoms with Crippen molar-refractivity contribution in [1.29, 1.82) is 0 Å². The van der Waals surface area contributed by atoms with Crippen LogP contribution in [0.1, 0.15) is 35.3 Å². The molecule has 0 fully saturated rings. The maximum absolute atomic E-state index is 11.8. The minimum Gasteiger partial charge on any atom is -0.481 e. The van der Waals surface area contributed by atoms with E-state index in [-0.39, 0.29) is 5.91 Å². The van der Waals surface area contributed by atoms with Crippen molar-refractivity contribution in [2.24, 2.45) is 0 Å². The zero-order valence-electron chi connectivity index (χ0n) is 10.2. The van der Waals surface area contributed by atoms with Gasteiger partial charge in [0.1, 0.15) is 0 Å². The number of carbonyl (C=O) groups excluding carboxylic acids is 1. The van der Waals surface area contributed by atoms with Crippen LogP contribution < -0.4 is 0 Å². The molecule has 0 spiro atoms. The third-order valence-electron chi connectivity index (χ3n) is 3.36. The van der Waals surface area contributed by atoms with Gasteiger partial charge in [-0.3, -0.25) is 9.59 Å². The second-order valence-corrected chi connectivity index (χ2v) is 4.92. The molecule has 17 heavy (non-hydrogen) atoms. The first-order valence-corrected chi connectivity index (χ1v) is 5.47. The number of carbonyl (C=O) groups is 2. The van der Waals surface area contributed by atoms with Gasteiger partial charge in [0, 0.05) is 19.2 Å². The van der Waals surface area contributed by atoms with Gasteiger partial charge in [0.15, 0.2) is 0 Å². The fourth-order valence-electron chi connectivity index (χ4n) is 2.17. The van der Waals surface area contributed by atoms with Crippen LogP contribution in [0.5, 0.6) is 0 Å². The lowest BCUT2D eigenvalue weighted by atomic mass is 9.81. The summed E-state index contributed by atoms with van der Waals surface area (Å²) in [7, 11) is 1.72. The van der Waals surface area contributed by atoms with E-state index < -0.39 is 11.4 Å². The summed E-state index contributed by atoms with van der Waals surface area (Å²) in [5.41, 5.74) is 1.21. The Morgan fingerprint density at radius 2 is 2.06 bits per heavy atom. The van der Waals surface area contributed by atoms with Crippen molar-refractivity contribution in [3.8, 4) is 0 Å². The summed E-state index contributed by atoms with van der Waals surface area (Å²) in [4.78, 5) is 24.7. The minimum atomic E-state index is -0.975. The van der Waals surface area contributed by atoms with Crippen LogP contribution >= 0.6 is 0 Å². The van der Waals surface area contributed by atoms with Crippen molar-refractivity contribution in [3.05, 3.63) is 34.9 Å². The highest BCUT2D eigenvalue weighted by atomic mass is 16.4. The van der Waals surface area contributed by atoms with E-state index >= 15 is 0 Å². The van der Waals surface area contributed by atoms with E-state index in [9.17, 15) is 14.7 Å². The third kappa shape index (κ3) is 1.60. The molecule has 1 heterocycles. The molecule has 0 saturated heterocycles. The monoisotopic (exact) mass is 233 g/mol. The van der Waals surface area contributed by atoms with Crippen LogP contribution in [0.4, 0.5) is 0 Å². The lowest BCUT2D eigenvalue weighted by molar-refractivity contribution is -0.142. The second kappa shape index (κ2) is 3.58. The van der Waals surface area contributed by atoms with Crippen LogP contribution in [-0.4, -0.2) is 28.9 Å². The highest BCUT2D eigenvalue weighted by Crippen LogP contribution is 2.33. The first-order chi connectivity index (χ1) is 7.85. The van der Waals surface area contributed by atoms with Crippen molar-refractivity contribution in [2.75, 3.05) is 7.05 Å². The maximum atomic E-state index is 11.8. The number of carboxylic acids is 1. The molecule has 0 bridgehead atoms. The molecule has 0 atom stereocenters. The van der Waals surface area contributed by atoms with Crippen molar-refractivity contribution in [1.82, 2.24) is 4.90 Å². The Morgan fingerprint density at radius 3 is 2.65 bits per heavy atom. The number of carboxylic acid groups (broad SMARTS) is 1. The number of hydrogen-bond donors (Lipinski definition) is 1. The van der Waals surface area contributed by atoms with Crippen LogP contribution in [-0.2, 0) is 16.8 Å². The Hall–Kier alpha value is -1.84. The summed E-state index contributed by atoms with van der Waals surface area (Å²) in [6, 6.07) is 5.29. The number of aliphatic carboxylic acids is 1. The third-order valence-corrected chi connectivity index (χ3v) is 3.36. The van der Waals surface area contributed by atoms with E-state index in [4.69, 9.17) is 0 Å². The van der Waals surface area contributed by atoms with Crippen molar-refractivity contribution in [3.63, 3.8) is 0 Å². The lowest BCUT2D eigenvalue weighted by Crippen LogP contribution is -2.30. The molecule has 0 aliphatic carbocycles. The number of amides is 1. The van der Waals surface area contributed by atoms with Gasteiger partial charge >= 0.3 is 5.97 Å². The molecule has 2 rings (SSSR count). The van der Waals surface area contributed by atoms with E-state index in [0.717, 1.165) is 11.1 Å². The number of nitrogens with zero attached hydrogens (tertiary/aromatic N) is 1. The van der Waals surface area contributed by atoms with Crippen LogP contribution in [0, 0.1) is 0 Å². The van der Waals surface area contributed by atoms with Gasteiger partial charge in [0.2, 0.25) is 0 Å². The molecule has 4 nitrogen and oxygen atoms in total. The quantitative estimate of drug-likeness (QED) is 0.844. The van der Waals surface area contributed by atoms with E-state index in [1.54, 1.807) is 44.0 Å². The zero-order chi connectivity index (χ0) is 12.8. The number of hydrogen-bond acceptors (Lipinski definition) is 2. The standard InChI is InChI=1S/C13H15NO3/c1-13(2,12(16)17)10-6-4-5-8-9(10)7-14(3)11(8)15/h4-6H,7H2,1-3H3,(H,16,17). The number of benzene rings is 1. The summed E-state index contributed by atoms with van der Waals surface area (Å²) in [6.07, 6.45) is 0. The van der Waals surface area contributed by atoms with E-state index in [1.807, 2.05) is 0 Å². The Morgan fingerprint density at radius 1 is 1.41 bits per heavy atom. The second-order valence-electron chi connectivity index (χ2n) is 4.92. The van der Waals surface area contributed by atoms with Gasteiger partial charge < -0.3 is 10.0 Å². The fraction of sp³-hybridized carbons (Fsp3) is 0.385. The number of fused-ring (bicyclic) bond motifs is 1. The first kappa shape index (κ1) is 11.6. The molecule has 1 aliphatic heterocycles. The van der Waals surface area contributed by atoms with Gasteiger partial charge in [-0.1, -0.05) is 12.1 Å². The SMILES string of the molecule is CN1Cc2c(cccc2C(C)(C)C(=O)O)C1=O. The average molecular weight is 233 g/mol. The minimum absolute atomic E-state index is 0.0389. The topological polar surface area (TPSA) is 57.6 Å². The Balaban J connectivity index is 2.61. The van der Waals surface area contributed by atoms with Crippen LogP contribution in [0.3, 0.4) is 0 Å². The molecule has 4 heteroatoms. The van der Waals surface area contributed by atoms with Crippen molar-refractivity contribution >= 4 is 11.9 Å². The van der Waals surface area contributed by atoms with Gasteiger partial charge in [-0.25, -0.2) is 0 Å². The highest BCUT2D eigenvalue weighted by molar-refractivity contribution is 5.99. The van der Waals surface area contributed by atoms with Crippen LogP contribution in [0.25, 0.3) is 0 Å². The summed E-state index contributed by atoms with van der Waals surface area (Å²) < 4.78 is 0. The van der Waals surface area contributed by atoms with E-state index in [2.05, 4.69) is 0 Å². The molecule has 1 N–H and O–H groups in total. The average Bonchev–Trinajstić information content (AvgIpc) is 2.55. The molecular weight excluding hydrogens is 218 g/mol. The molecule has 0 radical (unpaired) electrons. The summed E-state index contributed by atoms with van der Waals surface area (Å²) in [5.74, 6) is -0.920.